The van der Waals surface area contributed by atoms with Crippen LogP contribution in [0.1, 0.15) is 50.4 Å². The number of ether oxygens (including phenoxy) is 1. The number of hydrogen-bond donors (Lipinski definition) is 2. The van der Waals surface area contributed by atoms with Crippen LogP contribution in [0.4, 0.5) is 4.39 Å². The highest BCUT2D eigenvalue weighted by Gasteiger charge is 2.28. The lowest BCUT2D eigenvalue weighted by Gasteiger charge is -2.26. The van der Waals surface area contributed by atoms with Gasteiger partial charge in [-0.25, -0.2) is 22.5 Å². The van der Waals surface area contributed by atoms with Crippen molar-refractivity contribution in [3.05, 3.63) is 41.5 Å². The summed E-state index contributed by atoms with van der Waals surface area (Å²) >= 11 is 0. The monoisotopic (exact) mass is 453 g/mol. The van der Waals surface area contributed by atoms with Gasteiger partial charge in [0.25, 0.3) is 0 Å². The molecule has 8 nitrogen and oxygen atoms in total. The Labute approximate surface area is 181 Å². The van der Waals surface area contributed by atoms with Crippen molar-refractivity contribution in [3.63, 3.8) is 0 Å². The first-order chi connectivity index (χ1) is 14.5. The zero-order valence-corrected chi connectivity index (χ0v) is 18.7. The van der Waals surface area contributed by atoms with E-state index in [9.17, 15) is 22.7 Å². The third-order valence-corrected chi connectivity index (χ3v) is 5.81. The molecule has 0 amide bonds. The smallest absolute Gasteiger partial charge is 0.308 e. The van der Waals surface area contributed by atoms with Crippen molar-refractivity contribution in [3.8, 4) is 11.4 Å². The van der Waals surface area contributed by atoms with Gasteiger partial charge in [0.1, 0.15) is 17.7 Å². The summed E-state index contributed by atoms with van der Waals surface area (Å²) in [4.78, 5) is 16.4. The summed E-state index contributed by atoms with van der Waals surface area (Å²) in [5, 5.41) is 9.88. The average Bonchev–Trinajstić information content (AvgIpc) is 3.03. The number of hydrogen-bond acceptors (Lipinski definition) is 6. The normalized spacial score (nSPS) is 19.6. The number of carbonyl (C=O) groups excluding carboxylic acids is 1. The van der Waals surface area contributed by atoms with Gasteiger partial charge in [0.2, 0.25) is 10.0 Å². The third kappa shape index (κ3) is 6.11. The fourth-order valence-corrected chi connectivity index (χ4v) is 4.25. The van der Waals surface area contributed by atoms with Gasteiger partial charge in [-0.2, -0.15) is 0 Å². The van der Waals surface area contributed by atoms with E-state index in [0.717, 1.165) is 11.9 Å². The SMILES string of the molecule is CC(C)c1c(CNS(C)(=O)=O)nc(-c2ccc(F)cc2)n1CC[C@@H]1C[C@@H](O)CC(=O)O1. The highest BCUT2D eigenvalue weighted by atomic mass is 32.2. The molecule has 1 aliphatic rings. The molecule has 2 aromatic rings. The number of benzene rings is 1. The lowest BCUT2D eigenvalue weighted by molar-refractivity contribution is -0.160. The minimum atomic E-state index is -3.41. The molecule has 31 heavy (non-hydrogen) atoms. The molecule has 1 aromatic carbocycles. The van der Waals surface area contributed by atoms with E-state index in [1.54, 1.807) is 12.1 Å². The van der Waals surface area contributed by atoms with Crippen LogP contribution < -0.4 is 4.72 Å². The van der Waals surface area contributed by atoms with Crippen molar-refractivity contribution in [2.24, 2.45) is 0 Å². The van der Waals surface area contributed by atoms with E-state index in [1.807, 2.05) is 18.4 Å². The number of aliphatic hydroxyl groups is 1. The summed E-state index contributed by atoms with van der Waals surface area (Å²) in [6, 6.07) is 5.93. The summed E-state index contributed by atoms with van der Waals surface area (Å²) in [6.07, 6.45) is 0.781. The van der Waals surface area contributed by atoms with Crippen molar-refractivity contribution in [1.29, 1.82) is 0 Å². The van der Waals surface area contributed by atoms with E-state index < -0.39 is 28.2 Å². The number of halogens is 1. The Morgan fingerprint density at radius 3 is 2.58 bits per heavy atom. The molecule has 0 radical (unpaired) electrons. The summed E-state index contributed by atoms with van der Waals surface area (Å²) in [5.74, 6) is -0.183. The molecule has 0 saturated carbocycles. The topological polar surface area (TPSA) is 111 Å². The summed E-state index contributed by atoms with van der Waals surface area (Å²) in [7, 11) is -3.41. The van der Waals surface area contributed by atoms with Crippen LogP contribution in [-0.2, 0) is 32.6 Å². The molecule has 170 valence electrons. The van der Waals surface area contributed by atoms with Crippen molar-refractivity contribution in [1.82, 2.24) is 14.3 Å². The quantitative estimate of drug-likeness (QED) is 0.594. The van der Waals surface area contributed by atoms with Crippen LogP contribution in [0.2, 0.25) is 0 Å². The molecule has 0 aliphatic carbocycles. The molecule has 10 heteroatoms. The Morgan fingerprint density at radius 1 is 1.32 bits per heavy atom. The van der Waals surface area contributed by atoms with E-state index in [4.69, 9.17) is 4.74 Å². The van der Waals surface area contributed by atoms with E-state index in [2.05, 4.69) is 9.71 Å². The predicted octanol–water partition coefficient (Wildman–Crippen LogP) is 2.32. The maximum absolute atomic E-state index is 13.5. The third-order valence-electron chi connectivity index (χ3n) is 5.14. The highest BCUT2D eigenvalue weighted by Crippen LogP contribution is 2.29. The van der Waals surface area contributed by atoms with Gasteiger partial charge >= 0.3 is 5.97 Å². The van der Waals surface area contributed by atoms with Gasteiger partial charge in [0.05, 0.1) is 31.0 Å². The molecular weight excluding hydrogens is 425 g/mol. The van der Waals surface area contributed by atoms with Gasteiger partial charge in [0.15, 0.2) is 0 Å². The molecule has 1 saturated heterocycles. The molecular formula is C21H28FN3O5S. The fraction of sp³-hybridized carbons (Fsp3) is 0.524. The van der Waals surface area contributed by atoms with Crippen LogP contribution in [0.25, 0.3) is 11.4 Å². The maximum atomic E-state index is 13.5. The lowest BCUT2D eigenvalue weighted by atomic mass is 10.0. The first-order valence-corrected chi connectivity index (χ1v) is 12.1. The Morgan fingerprint density at radius 2 is 2.00 bits per heavy atom. The number of carbonyl (C=O) groups is 1. The summed E-state index contributed by atoms with van der Waals surface area (Å²) in [6.45, 7) is 4.44. The number of esters is 1. The minimum Gasteiger partial charge on any atom is -0.462 e. The number of nitrogens with one attached hydrogen (secondary N) is 1. The second-order valence-electron chi connectivity index (χ2n) is 8.17. The summed E-state index contributed by atoms with van der Waals surface area (Å²) in [5.41, 5.74) is 2.12. The molecule has 0 unspecified atom stereocenters. The number of imidazole rings is 1. The van der Waals surface area contributed by atoms with E-state index in [1.165, 1.54) is 12.1 Å². The molecule has 0 bridgehead atoms. The van der Waals surface area contributed by atoms with Crippen LogP contribution in [0.5, 0.6) is 0 Å². The van der Waals surface area contributed by atoms with Gasteiger partial charge in [-0.3, -0.25) is 4.79 Å². The van der Waals surface area contributed by atoms with Crippen LogP contribution in [0.15, 0.2) is 24.3 Å². The molecule has 1 aliphatic heterocycles. The van der Waals surface area contributed by atoms with Crippen LogP contribution in [-0.4, -0.2) is 47.5 Å². The number of aliphatic hydroxyl groups excluding tert-OH is 1. The van der Waals surface area contributed by atoms with Gasteiger partial charge in [0, 0.05) is 30.6 Å². The number of aromatic nitrogens is 2. The molecule has 1 aromatic heterocycles. The Kier molecular flexibility index (Phi) is 7.13. The van der Waals surface area contributed by atoms with Crippen molar-refractivity contribution < 1.29 is 27.4 Å². The fourth-order valence-electron chi connectivity index (χ4n) is 3.85. The minimum absolute atomic E-state index is 0.000951. The van der Waals surface area contributed by atoms with Crippen LogP contribution in [0.3, 0.4) is 0 Å². The van der Waals surface area contributed by atoms with E-state index in [-0.39, 0.29) is 24.7 Å². The maximum Gasteiger partial charge on any atom is 0.308 e. The first-order valence-electron chi connectivity index (χ1n) is 10.2. The molecule has 2 heterocycles. The van der Waals surface area contributed by atoms with E-state index in [0.29, 0.717) is 36.5 Å². The average molecular weight is 454 g/mol. The molecule has 1 fully saturated rings. The van der Waals surface area contributed by atoms with Gasteiger partial charge in [-0.05, 0) is 30.2 Å². The van der Waals surface area contributed by atoms with Crippen molar-refractivity contribution in [2.75, 3.05) is 6.26 Å². The van der Waals surface area contributed by atoms with Gasteiger partial charge in [-0.1, -0.05) is 13.8 Å². The van der Waals surface area contributed by atoms with Crippen LogP contribution >= 0.6 is 0 Å². The number of nitrogens with zero attached hydrogens (tertiary/aromatic N) is 2. The zero-order valence-electron chi connectivity index (χ0n) is 17.8. The first kappa shape index (κ1) is 23.4. The Bertz CT molecular complexity index is 1030. The number of sulfonamides is 1. The second kappa shape index (κ2) is 9.46. The highest BCUT2D eigenvalue weighted by molar-refractivity contribution is 7.88. The largest absolute Gasteiger partial charge is 0.462 e. The van der Waals surface area contributed by atoms with E-state index >= 15 is 0 Å². The van der Waals surface area contributed by atoms with Crippen LogP contribution in [0, 0.1) is 5.82 Å². The lowest BCUT2D eigenvalue weighted by Crippen LogP contribution is -2.33. The number of cyclic esters (lactones) is 1. The second-order valence-corrected chi connectivity index (χ2v) is 10.0. The zero-order chi connectivity index (χ0) is 22.8. The predicted molar refractivity (Wildman–Crippen MR) is 113 cm³/mol. The van der Waals surface area contributed by atoms with Crippen molar-refractivity contribution in [2.45, 2.75) is 64.3 Å². The number of rotatable bonds is 8. The molecule has 0 spiro atoms. The standard InChI is InChI=1S/C21H28FN3O5S/c1-13(2)20-18(12-23-31(3,28)29)24-21(14-4-6-15(22)7-5-14)25(20)9-8-17-10-16(26)11-19(27)30-17/h4-7,13,16-17,23,26H,8-12H2,1-3H3/t16-,17-/m1/s1. The van der Waals surface area contributed by atoms with Gasteiger partial charge < -0.3 is 14.4 Å². The molecule has 2 atom stereocenters. The molecule has 3 rings (SSSR count). The Balaban J connectivity index is 1.97. The molecule has 2 N–H and O–H groups in total. The van der Waals surface area contributed by atoms with Crippen molar-refractivity contribution >= 4 is 16.0 Å². The summed E-state index contributed by atoms with van der Waals surface area (Å²) < 4.78 is 46.5. The Hall–Kier alpha value is -2.30. The van der Waals surface area contributed by atoms with Gasteiger partial charge in [-0.15, -0.1) is 0 Å².